The molecule has 28 heavy (non-hydrogen) atoms. The maximum Gasteiger partial charge on any atom is 0.284 e. The highest BCUT2D eigenvalue weighted by atomic mass is 32.2. The molecular formula is C20H18N2O4S2. The normalized spacial score (nSPS) is 17.3. The fourth-order valence-corrected chi connectivity index (χ4v) is 4.71. The average molecular weight is 415 g/mol. The summed E-state index contributed by atoms with van der Waals surface area (Å²) in [7, 11) is -2.37. The number of thioether (sulfide) groups is 1. The third-order valence-electron chi connectivity index (χ3n) is 3.83. The second-order valence-corrected chi connectivity index (χ2v) is 8.37. The zero-order chi connectivity index (χ0) is 20.1. The van der Waals surface area contributed by atoms with Gasteiger partial charge in [0.05, 0.1) is 16.9 Å². The van der Waals surface area contributed by atoms with E-state index >= 15 is 0 Å². The number of methoxy groups -OCH3 is 1. The molecule has 1 saturated heterocycles. The van der Waals surface area contributed by atoms with E-state index in [-0.39, 0.29) is 22.5 Å². The summed E-state index contributed by atoms with van der Waals surface area (Å²) in [5.74, 6) is 0.336. The van der Waals surface area contributed by atoms with Crippen molar-refractivity contribution in [2.75, 3.05) is 13.7 Å². The van der Waals surface area contributed by atoms with E-state index in [0.717, 1.165) is 17.3 Å². The highest BCUT2D eigenvalue weighted by molar-refractivity contribution is 8.19. The zero-order valence-corrected chi connectivity index (χ0v) is 16.7. The molecule has 0 saturated carbocycles. The molecule has 1 fully saturated rings. The quantitative estimate of drug-likeness (QED) is 0.534. The number of sulfonamides is 1. The van der Waals surface area contributed by atoms with Crippen molar-refractivity contribution < 1.29 is 17.9 Å². The summed E-state index contributed by atoms with van der Waals surface area (Å²) >= 11 is 1.02. The number of benzene rings is 2. The molecule has 2 aromatic rings. The van der Waals surface area contributed by atoms with Crippen molar-refractivity contribution in [1.29, 1.82) is 0 Å². The maximum absolute atomic E-state index is 12.8. The number of carbonyl (C=O) groups is 1. The Bertz CT molecular complexity index is 1060. The molecule has 0 radical (unpaired) electrons. The van der Waals surface area contributed by atoms with Crippen molar-refractivity contribution in [3.63, 3.8) is 0 Å². The van der Waals surface area contributed by atoms with Crippen LogP contribution in [0.25, 0.3) is 6.08 Å². The number of nitrogens with zero attached hydrogens (tertiary/aromatic N) is 2. The minimum absolute atomic E-state index is 0.0688. The van der Waals surface area contributed by atoms with Crippen LogP contribution in [0.3, 0.4) is 0 Å². The van der Waals surface area contributed by atoms with Crippen molar-refractivity contribution in [2.45, 2.75) is 4.90 Å². The lowest BCUT2D eigenvalue weighted by Crippen LogP contribution is -2.29. The minimum Gasteiger partial charge on any atom is -0.497 e. The summed E-state index contributed by atoms with van der Waals surface area (Å²) in [5.41, 5.74) is 0.765. The Kier molecular flexibility index (Phi) is 6.01. The van der Waals surface area contributed by atoms with E-state index in [2.05, 4.69) is 11.0 Å². The number of ether oxygens (including phenoxy) is 1. The Morgan fingerprint density at radius 1 is 1.18 bits per heavy atom. The van der Waals surface area contributed by atoms with Crippen molar-refractivity contribution in [3.05, 3.63) is 77.7 Å². The van der Waals surface area contributed by atoms with Gasteiger partial charge in [0.25, 0.3) is 15.9 Å². The summed E-state index contributed by atoms with van der Waals surface area (Å²) < 4.78 is 34.3. The molecule has 1 heterocycles. The van der Waals surface area contributed by atoms with Crippen molar-refractivity contribution in [1.82, 2.24) is 4.90 Å². The number of hydrogen-bond donors (Lipinski definition) is 0. The molecule has 3 rings (SSSR count). The molecule has 1 amide bonds. The lowest BCUT2D eigenvalue weighted by Gasteiger charge is -2.12. The molecule has 6 nitrogen and oxygen atoms in total. The minimum atomic E-state index is -3.93. The molecule has 144 valence electrons. The Balaban J connectivity index is 1.99. The Morgan fingerprint density at radius 3 is 2.61 bits per heavy atom. The lowest BCUT2D eigenvalue weighted by atomic mass is 10.2. The van der Waals surface area contributed by atoms with Crippen LogP contribution in [0, 0.1) is 0 Å². The topological polar surface area (TPSA) is 76.0 Å². The van der Waals surface area contributed by atoms with E-state index in [1.807, 2.05) is 12.1 Å². The third kappa shape index (κ3) is 4.35. The highest BCUT2D eigenvalue weighted by Crippen LogP contribution is 2.34. The van der Waals surface area contributed by atoms with Gasteiger partial charge in [-0.25, -0.2) is 0 Å². The number of carbonyl (C=O) groups excluding carboxylic acids is 1. The fourth-order valence-electron chi connectivity index (χ4n) is 2.50. The van der Waals surface area contributed by atoms with Crippen LogP contribution in [0.5, 0.6) is 5.75 Å². The van der Waals surface area contributed by atoms with Gasteiger partial charge in [-0.1, -0.05) is 36.4 Å². The maximum atomic E-state index is 12.8. The summed E-state index contributed by atoms with van der Waals surface area (Å²) in [6.07, 6.45) is 3.21. The van der Waals surface area contributed by atoms with E-state index in [4.69, 9.17) is 4.74 Å². The van der Waals surface area contributed by atoms with E-state index in [9.17, 15) is 13.2 Å². The van der Waals surface area contributed by atoms with Crippen LogP contribution in [-0.4, -0.2) is 38.0 Å². The van der Waals surface area contributed by atoms with Gasteiger partial charge >= 0.3 is 0 Å². The van der Waals surface area contributed by atoms with Gasteiger partial charge in [-0.2, -0.15) is 8.42 Å². The lowest BCUT2D eigenvalue weighted by molar-refractivity contribution is -0.121. The van der Waals surface area contributed by atoms with Gasteiger partial charge in [-0.3, -0.25) is 9.69 Å². The standard InChI is InChI=1S/C20H18N2O4S2/c1-3-12-22-19(23)18(14-15-8-7-9-16(13-15)26-2)27-20(22)21-28(24,25)17-10-5-4-6-11-17/h3-11,13-14H,1,12H2,2H3. The molecule has 1 aliphatic heterocycles. The van der Waals surface area contributed by atoms with E-state index < -0.39 is 10.0 Å². The summed E-state index contributed by atoms with van der Waals surface area (Å²) in [6.45, 7) is 3.79. The van der Waals surface area contributed by atoms with Gasteiger partial charge in [0.2, 0.25) is 0 Å². The first-order valence-electron chi connectivity index (χ1n) is 8.31. The predicted molar refractivity (Wildman–Crippen MR) is 112 cm³/mol. The smallest absolute Gasteiger partial charge is 0.284 e. The first kappa shape index (κ1) is 19.9. The highest BCUT2D eigenvalue weighted by Gasteiger charge is 2.34. The van der Waals surface area contributed by atoms with Crippen molar-refractivity contribution in [2.24, 2.45) is 4.40 Å². The molecule has 0 unspecified atom stereocenters. The van der Waals surface area contributed by atoms with Crippen LogP contribution in [0.1, 0.15) is 5.56 Å². The Labute approximate surface area is 168 Å². The van der Waals surface area contributed by atoms with Crippen LogP contribution in [0.2, 0.25) is 0 Å². The molecule has 2 aromatic carbocycles. The second-order valence-electron chi connectivity index (χ2n) is 5.75. The van der Waals surface area contributed by atoms with Crippen LogP contribution < -0.4 is 4.74 Å². The SMILES string of the molecule is C=CCN1C(=O)C(=Cc2cccc(OC)c2)SC1=NS(=O)(=O)c1ccccc1. The predicted octanol–water partition coefficient (Wildman–Crippen LogP) is 3.54. The summed E-state index contributed by atoms with van der Waals surface area (Å²) in [6, 6.07) is 15.1. The van der Waals surface area contributed by atoms with Gasteiger partial charge < -0.3 is 4.74 Å². The Hall–Kier alpha value is -2.84. The fraction of sp³-hybridized carbons (Fsp3) is 0.100. The van der Waals surface area contributed by atoms with Crippen LogP contribution >= 0.6 is 11.8 Å². The molecule has 0 atom stereocenters. The third-order valence-corrected chi connectivity index (χ3v) is 6.23. The molecule has 0 aliphatic carbocycles. The first-order valence-corrected chi connectivity index (χ1v) is 10.6. The van der Waals surface area contributed by atoms with Crippen LogP contribution in [-0.2, 0) is 14.8 Å². The molecule has 0 spiro atoms. The monoisotopic (exact) mass is 414 g/mol. The van der Waals surface area contributed by atoms with Crippen molar-refractivity contribution in [3.8, 4) is 5.75 Å². The number of rotatable bonds is 6. The number of amides is 1. The van der Waals surface area contributed by atoms with E-state index in [1.165, 1.54) is 23.1 Å². The Morgan fingerprint density at radius 2 is 1.93 bits per heavy atom. The summed E-state index contributed by atoms with van der Waals surface area (Å²) in [4.78, 5) is 14.5. The first-order chi connectivity index (χ1) is 13.4. The van der Waals surface area contributed by atoms with Gasteiger partial charge in [-0.15, -0.1) is 11.0 Å². The average Bonchev–Trinajstić information content (AvgIpc) is 2.97. The number of amidine groups is 1. The second kappa shape index (κ2) is 8.45. The van der Waals surface area contributed by atoms with Gasteiger partial charge in [0.15, 0.2) is 5.17 Å². The molecule has 8 heteroatoms. The van der Waals surface area contributed by atoms with Gasteiger partial charge in [-0.05, 0) is 47.7 Å². The van der Waals surface area contributed by atoms with Crippen LogP contribution in [0.15, 0.2) is 81.5 Å². The van der Waals surface area contributed by atoms with Crippen molar-refractivity contribution >= 4 is 38.9 Å². The molecule has 0 aromatic heterocycles. The zero-order valence-electron chi connectivity index (χ0n) is 15.1. The molecule has 0 bridgehead atoms. The van der Waals surface area contributed by atoms with E-state index in [1.54, 1.807) is 43.5 Å². The van der Waals surface area contributed by atoms with Crippen LogP contribution in [0.4, 0.5) is 0 Å². The molecule has 0 N–H and O–H groups in total. The molecule has 1 aliphatic rings. The van der Waals surface area contributed by atoms with Gasteiger partial charge in [0, 0.05) is 6.54 Å². The number of hydrogen-bond acceptors (Lipinski definition) is 5. The summed E-state index contributed by atoms with van der Waals surface area (Å²) in [5, 5.41) is 0.0999. The van der Waals surface area contributed by atoms with E-state index in [0.29, 0.717) is 10.7 Å². The largest absolute Gasteiger partial charge is 0.497 e. The molecular weight excluding hydrogens is 396 g/mol. The van der Waals surface area contributed by atoms with Gasteiger partial charge in [0.1, 0.15) is 5.75 Å².